The molecule has 4 nitrogen and oxygen atoms in total. The summed E-state index contributed by atoms with van der Waals surface area (Å²) in [5.41, 5.74) is 1.33. The number of benzene rings is 1. The van der Waals surface area contributed by atoms with Crippen molar-refractivity contribution >= 4 is 17.7 Å². The Balaban J connectivity index is 1.98. The molecule has 1 heterocycles. The lowest BCUT2D eigenvalue weighted by molar-refractivity contribution is 0.294. The van der Waals surface area contributed by atoms with Gasteiger partial charge in [0.25, 0.3) is 0 Å². The van der Waals surface area contributed by atoms with Gasteiger partial charge >= 0.3 is 0 Å². The van der Waals surface area contributed by atoms with E-state index in [4.69, 9.17) is 0 Å². The van der Waals surface area contributed by atoms with Crippen LogP contribution >= 0.6 is 11.8 Å². The lowest BCUT2D eigenvalue weighted by Crippen LogP contribution is -2.49. The summed E-state index contributed by atoms with van der Waals surface area (Å²) >= 11 is 2.09. The van der Waals surface area contributed by atoms with Gasteiger partial charge in [-0.25, -0.2) is 0 Å². The Hall–Kier alpha value is -1.20. The van der Waals surface area contributed by atoms with E-state index < -0.39 is 0 Å². The summed E-state index contributed by atoms with van der Waals surface area (Å²) in [7, 11) is 6.15. The third-order valence-electron chi connectivity index (χ3n) is 4.37. The average Bonchev–Trinajstić information content (AvgIpc) is 2.59. The number of aliphatic imine (C=N–C) groups is 1. The van der Waals surface area contributed by atoms with Gasteiger partial charge in [0.15, 0.2) is 5.96 Å². The second-order valence-electron chi connectivity index (χ2n) is 6.17. The molecule has 1 aliphatic heterocycles. The zero-order valence-corrected chi connectivity index (χ0v) is 15.6. The molecule has 0 aliphatic carbocycles. The normalized spacial score (nSPS) is 20.7. The molecule has 1 saturated heterocycles. The van der Waals surface area contributed by atoms with Crippen molar-refractivity contribution < 1.29 is 0 Å². The van der Waals surface area contributed by atoms with Crippen LogP contribution in [0.2, 0.25) is 0 Å². The summed E-state index contributed by atoms with van der Waals surface area (Å²) in [5.74, 6) is 2.22. The molecule has 2 atom stereocenters. The summed E-state index contributed by atoms with van der Waals surface area (Å²) in [5, 5.41) is 4.31. The van der Waals surface area contributed by atoms with Crippen molar-refractivity contribution in [2.24, 2.45) is 4.99 Å². The Morgan fingerprint density at radius 2 is 2.13 bits per heavy atom. The molecule has 1 aromatic rings. The fraction of sp³-hybridized carbons (Fsp3) is 0.611. The largest absolute Gasteiger partial charge is 0.354 e. The first-order valence-corrected chi connectivity index (χ1v) is 9.49. The van der Waals surface area contributed by atoms with Gasteiger partial charge in [-0.2, -0.15) is 11.8 Å². The number of hydrogen-bond donors (Lipinski definition) is 1. The standard InChI is InChI=1S/C18H30N4S/c1-5-16-14-22(11-12-23-16)18(19-2)20-13-17(21(3)4)15-9-7-6-8-10-15/h6-10,16-17H,5,11-14H2,1-4H3,(H,19,20). The van der Waals surface area contributed by atoms with E-state index in [0.29, 0.717) is 6.04 Å². The number of hydrogen-bond acceptors (Lipinski definition) is 3. The van der Waals surface area contributed by atoms with E-state index >= 15 is 0 Å². The van der Waals surface area contributed by atoms with E-state index in [1.165, 1.54) is 17.7 Å². The molecule has 1 fully saturated rings. The molecule has 0 spiro atoms. The predicted molar refractivity (Wildman–Crippen MR) is 102 cm³/mol. The Kier molecular flexibility index (Phi) is 7.24. The fourth-order valence-corrected chi connectivity index (χ4v) is 4.13. The maximum atomic E-state index is 4.51. The summed E-state index contributed by atoms with van der Waals surface area (Å²) < 4.78 is 0. The number of thioether (sulfide) groups is 1. The van der Waals surface area contributed by atoms with Crippen LogP contribution in [-0.2, 0) is 0 Å². The van der Waals surface area contributed by atoms with E-state index in [2.05, 4.69) is 83.2 Å². The van der Waals surface area contributed by atoms with Crippen LogP contribution in [0.3, 0.4) is 0 Å². The lowest BCUT2D eigenvalue weighted by Gasteiger charge is -2.35. The van der Waals surface area contributed by atoms with E-state index in [0.717, 1.165) is 30.8 Å². The number of nitrogens with zero attached hydrogens (tertiary/aromatic N) is 3. The summed E-state index contributed by atoms with van der Waals surface area (Å²) in [6, 6.07) is 11.0. The average molecular weight is 335 g/mol. The topological polar surface area (TPSA) is 30.9 Å². The summed E-state index contributed by atoms with van der Waals surface area (Å²) in [4.78, 5) is 9.17. The van der Waals surface area contributed by atoms with Gasteiger partial charge in [-0.3, -0.25) is 4.99 Å². The molecule has 0 aromatic heterocycles. The quantitative estimate of drug-likeness (QED) is 0.662. The highest BCUT2D eigenvalue weighted by molar-refractivity contribution is 8.00. The van der Waals surface area contributed by atoms with E-state index in [9.17, 15) is 0 Å². The molecule has 2 unspecified atom stereocenters. The van der Waals surface area contributed by atoms with Crippen molar-refractivity contribution in [2.45, 2.75) is 24.6 Å². The smallest absolute Gasteiger partial charge is 0.193 e. The van der Waals surface area contributed by atoms with Gasteiger partial charge in [0.2, 0.25) is 0 Å². The van der Waals surface area contributed by atoms with Gasteiger partial charge in [0.05, 0.1) is 6.04 Å². The van der Waals surface area contributed by atoms with Crippen LogP contribution in [0.4, 0.5) is 0 Å². The maximum absolute atomic E-state index is 4.51. The third kappa shape index (κ3) is 5.15. The molecule has 128 valence electrons. The summed E-state index contributed by atoms with van der Waals surface area (Å²) in [6.45, 7) is 5.32. The van der Waals surface area contributed by atoms with Crippen LogP contribution in [0.1, 0.15) is 24.9 Å². The monoisotopic (exact) mass is 334 g/mol. The Labute approximate surface area is 145 Å². The van der Waals surface area contributed by atoms with Crippen LogP contribution in [0, 0.1) is 0 Å². The minimum Gasteiger partial charge on any atom is -0.354 e. The molecule has 23 heavy (non-hydrogen) atoms. The van der Waals surface area contributed by atoms with Crippen LogP contribution < -0.4 is 5.32 Å². The molecule has 0 radical (unpaired) electrons. The Morgan fingerprint density at radius 3 is 2.74 bits per heavy atom. The SMILES string of the molecule is CCC1CN(C(=NC)NCC(c2ccccc2)N(C)C)CCS1. The molecule has 1 aliphatic rings. The van der Waals surface area contributed by atoms with Crippen molar-refractivity contribution in [1.29, 1.82) is 0 Å². The van der Waals surface area contributed by atoms with Crippen LogP contribution in [0.25, 0.3) is 0 Å². The highest BCUT2D eigenvalue weighted by atomic mass is 32.2. The first-order chi connectivity index (χ1) is 11.2. The summed E-state index contributed by atoms with van der Waals surface area (Å²) in [6.07, 6.45) is 1.22. The number of rotatable bonds is 5. The van der Waals surface area contributed by atoms with E-state index in [-0.39, 0.29) is 0 Å². The van der Waals surface area contributed by atoms with Gasteiger partial charge in [0.1, 0.15) is 0 Å². The fourth-order valence-electron chi connectivity index (χ4n) is 2.95. The van der Waals surface area contributed by atoms with Gasteiger partial charge in [-0.1, -0.05) is 37.3 Å². The van der Waals surface area contributed by atoms with Crippen molar-refractivity contribution in [3.8, 4) is 0 Å². The molecule has 0 amide bonds. The van der Waals surface area contributed by atoms with Crippen LogP contribution in [0.5, 0.6) is 0 Å². The number of nitrogens with one attached hydrogen (secondary N) is 1. The molecular weight excluding hydrogens is 304 g/mol. The zero-order chi connectivity index (χ0) is 16.7. The van der Waals surface area contributed by atoms with E-state index in [1.54, 1.807) is 0 Å². The van der Waals surface area contributed by atoms with Crippen molar-refractivity contribution in [2.75, 3.05) is 46.5 Å². The van der Waals surface area contributed by atoms with E-state index in [1.807, 2.05) is 7.05 Å². The van der Waals surface area contributed by atoms with Gasteiger partial charge in [0, 0.05) is 37.7 Å². The maximum Gasteiger partial charge on any atom is 0.193 e. The predicted octanol–water partition coefficient (Wildman–Crippen LogP) is 2.69. The zero-order valence-electron chi connectivity index (χ0n) is 14.8. The Bertz CT molecular complexity index is 489. The van der Waals surface area contributed by atoms with Crippen molar-refractivity contribution in [3.05, 3.63) is 35.9 Å². The second kappa shape index (κ2) is 9.18. The van der Waals surface area contributed by atoms with Crippen LogP contribution in [0.15, 0.2) is 35.3 Å². The van der Waals surface area contributed by atoms with Crippen LogP contribution in [-0.4, -0.2) is 67.5 Å². The Morgan fingerprint density at radius 1 is 1.39 bits per heavy atom. The molecule has 0 saturated carbocycles. The number of likely N-dealkylation sites (N-methyl/N-ethyl adjacent to an activating group) is 1. The number of guanidine groups is 1. The third-order valence-corrected chi connectivity index (χ3v) is 5.74. The van der Waals surface area contributed by atoms with Gasteiger partial charge in [-0.15, -0.1) is 0 Å². The highest BCUT2D eigenvalue weighted by Gasteiger charge is 2.22. The lowest BCUT2D eigenvalue weighted by atomic mass is 10.1. The van der Waals surface area contributed by atoms with Crippen molar-refractivity contribution in [3.63, 3.8) is 0 Å². The van der Waals surface area contributed by atoms with Gasteiger partial charge < -0.3 is 15.1 Å². The molecule has 2 rings (SSSR count). The first-order valence-electron chi connectivity index (χ1n) is 8.44. The van der Waals surface area contributed by atoms with Gasteiger partial charge in [-0.05, 0) is 26.1 Å². The minimum absolute atomic E-state index is 0.342. The molecule has 1 aromatic carbocycles. The second-order valence-corrected chi connectivity index (χ2v) is 7.57. The molecule has 1 N–H and O–H groups in total. The highest BCUT2D eigenvalue weighted by Crippen LogP contribution is 2.21. The first kappa shape index (κ1) is 18.1. The minimum atomic E-state index is 0.342. The molecular formula is C18H30N4S. The molecule has 0 bridgehead atoms. The molecule has 5 heteroatoms. The van der Waals surface area contributed by atoms with Crippen molar-refractivity contribution in [1.82, 2.24) is 15.1 Å².